The van der Waals surface area contributed by atoms with E-state index in [4.69, 9.17) is 0 Å². The van der Waals surface area contributed by atoms with E-state index < -0.39 is 0 Å². The molecule has 2 aliphatic carbocycles. The highest BCUT2D eigenvalue weighted by atomic mass is 16.3. The van der Waals surface area contributed by atoms with Gasteiger partial charge in [-0.1, -0.05) is 12.8 Å². The van der Waals surface area contributed by atoms with E-state index in [9.17, 15) is 5.11 Å². The Morgan fingerprint density at radius 1 is 1.40 bits per heavy atom. The second kappa shape index (κ2) is 1.97. The molecular formula is C9H16O. The van der Waals surface area contributed by atoms with Gasteiger partial charge in [-0.2, -0.15) is 0 Å². The Labute approximate surface area is 62.4 Å². The molecule has 10 heavy (non-hydrogen) atoms. The Morgan fingerprint density at radius 2 is 2.20 bits per heavy atom. The first kappa shape index (κ1) is 6.66. The lowest BCUT2D eigenvalue weighted by Gasteiger charge is -2.25. The van der Waals surface area contributed by atoms with Crippen LogP contribution in [-0.2, 0) is 0 Å². The van der Waals surface area contributed by atoms with E-state index >= 15 is 0 Å². The van der Waals surface area contributed by atoms with E-state index in [0.717, 1.165) is 12.3 Å². The summed E-state index contributed by atoms with van der Waals surface area (Å²) in [7, 11) is 0. The first-order valence-electron chi connectivity index (χ1n) is 4.41. The maximum Gasteiger partial charge on any atom is 0.0650 e. The van der Waals surface area contributed by atoms with Crippen LogP contribution in [0, 0.1) is 11.8 Å². The molecule has 2 saturated carbocycles. The van der Waals surface area contributed by atoms with E-state index in [1.807, 2.05) is 6.92 Å². The van der Waals surface area contributed by atoms with Gasteiger partial charge in [0.1, 0.15) is 0 Å². The molecule has 2 rings (SSSR count). The molecule has 0 spiro atoms. The maximum atomic E-state index is 9.86. The maximum absolute atomic E-state index is 9.86. The van der Waals surface area contributed by atoms with Gasteiger partial charge in [-0.25, -0.2) is 0 Å². The van der Waals surface area contributed by atoms with E-state index in [1.54, 1.807) is 0 Å². The van der Waals surface area contributed by atoms with Crippen molar-refractivity contribution in [1.29, 1.82) is 0 Å². The highest BCUT2D eigenvalue weighted by Gasteiger charge is 2.43. The number of aliphatic hydroxyl groups is 1. The number of rotatable bonds is 0. The summed E-state index contributed by atoms with van der Waals surface area (Å²) in [5.74, 6) is 1.49. The molecule has 3 unspecified atom stereocenters. The quantitative estimate of drug-likeness (QED) is 0.545. The molecule has 1 nitrogen and oxygen atoms in total. The molecule has 0 saturated heterocycles. The first-order valence-corrected chi connectivity index (χ1v) is 4.41. The lowest BCUT2D eigenvalue weighted by atomic mass is 9.86. The summed E-state index contributed by atoms with van der Waals surface area (Å²) in [6, 6.07) is 0. The SMILES string of the molecule is CC1(O)CC2CCCC1C2. The molecule has 0 aliphatic heterocycles. The minimum Gasteiger partial charge on any atom is -0.390 e. The van der Waals surface area contributed by atoms with Gasteiger partial charge >= 0.3 is 0 Å². The smallest absolute Gasteiger partial charge is 0.0650 e. The molecule has 58 valence electrons. The molecule has 0 heterocycles. The summed E-state index contributed by atoms with van der Waals surface area (Å²) in [6.07, 6.45) is 6.35. The predicted octanol–water partition coefficient (Wildman–Crippen LogP) is 1.95. The summed E-state index contributed by atoms with van der Waals surface area (Å²) >= 11 is 0. The van der Waals surface area contributed by atoms with Crippen molar-refractivity contribution in [2.24, 2.45) is 11.8 Å². The average Bonchev–Trinajstić information content (AvgIpc) is 2.04. The second-order valence-electron chi connectivity index (χ2n) is 4.29. The summed E-state index contributed by atoms with van der Waals surface area (Å²) in [5.41, 5.74) is -0.304. The van der Waals surface area contributed by atoms with Gasteiger partial charge < -0.3 is 5.11 Å². The van der Waals surface area contributed by atoms with Gasteiger partial charge in [0.25, 0.3) is 0 Å². The van der Waals surface area contributed by atoms with Crippen LogP contribution in [0.1, 0.15) is 39.0 Å². The molecule has 0 radical (unpaired) electrons. The number of fused-ring (bicyclic) bond motifs is 2. The number of hydrogen-bond acceptors (Lipinski definition) is 1. The molecule has 2 bridgehead atoms. The highest BCUT2D eigenvalue weighted by Crippen LogP contribution is 2.47. The molecule has 2 aliphatic rings. The monoisotopic (exact) mass is 140 g/mol. The van der Waals surface area contributed by atoms with Crippen molar-refractivity contribution < 1.29 is 5.11 Å². The zero-order valence-electron chi connectivity index (χ0n) is 6.64. The van der Waals surface area contributed by atoms with Crippen molar-refractivity contribution in [3.63, 3.8) is 0 Å². The van der Waals surface area contributed by atoms with Crippen LogP contribution < -0.4 is 0 Å². The van der Waals surface area contributed by atoms with Crippen molar-refractivity contribution in [3.05, 3.63) is 0 Å². The van der Waals surface area contributed by atoms with Crippen LogP contribution in [0.4, 0.5) is 0 Å². The number of hydrogen-bond donors (Lipinski definition) is 1. The largest absolute Gasteiger partial charge is 0.390 e. The van der Waals surface area contributed by atoms with Crippen molar-refractivity contribution in [1.82, 2.24) is 0 Å². The summed E-state index contributed by atoms with van der Waals surface area (Å²) in [5, 5.41) is 9.86. The summed E-state index contributed by atoms with van der Waals surface area (Å²) in [6.45, 7) is 2.02. The predicted molar refractivity (Wildman–Crippen MR) is 40.7 cm³/mol. The van der Waals surface area contributed by atoms with Crippen LogP contribution >= 0.6 is 0 Å². The minimum atomic E-state index is -0.304. The van der Waals surface area contributed by atoms with E-state index in [1.165, 1.54) is 25.7 Å². The molecule has 0 aromatic heterocycles. The Bertz CT molecular complexity index is 140. The fourth-order valence-electron chi connectivity index (χ4n) is 2.79. The fourth-order valence-corrected chi connectivity index (χ4v) is 2.79. The Hall–Kier alpha value is -0.0400. The van der Waals surface area contributed by atoms with Gasteiger partial charge in [0.05, 0.1) is 5.60 Å². The Kier molecular flexibility index (Phi) is 1.31. The minimum absolute atomic E-state index is 0.304. The molecule has 0 aromatic carbocycles. The summed E-state index contributed by atoms with van der Waals surface area (Å²) in [4.78, 5) is 0. The second-order valence-corrected chi connectivity index (χ2v) is 4.29. The normalized spacial score (nSPS) is 53.4. The van der Waals surface area contributed by atoms with Gasteiger partial charge in [-0.15, -0.1) is 0 Å². The molecule has 1 heteroatoms. The molecule has 2 fully saturated rings. The van der Waals surface area contributed by atoms with Crippen LogP contribution in [0.25, 0.3) is 0 Å². The van der Waals surface area contributed by atoms with Gasteiger partial charge in [0, 0.05) is 0 Å². The highest BCUT2D eigenvalue weighted by molar-refractivity contribution is 4.95. The van der Waals surface area contributed by atoms with Crippen LogP contribution in [-0.4, -0.2) is 10.7 Å². The van der Waals surface area contributed by atoms with Crippen LogP contribution in [0.15, 0.2) is 0 Å². The van der Waals surface area contributed by atoms with E-state index in [2.05, 4.69) is 0 Å². The standard InChI is InChI=1S/C9H16O/c1-9(10)6-7-3-2-4-8(9)5-7/h7-8,10H,2-6H2,1H3. The Balaban J connectivity index is 2.15. The Morgan fingerprint density at radius 3 is 2.80 bits per heavy atom. The van der Waals surface area contributed by atoms with Crippen LogP contribution in [0.3, 0.4) is 0 Å². The van der Waals surface area contributed by atoms with Gasteiger partial charge in [-0.3, -0.25) is 0 Å². The molecule has 3 atom stereocenters. The molecule has 0 aromatic rings. The van der Waals surface area contributed by atoms with Crippen molar-refractivity contribution in [2.45, 2.75) is 44.6 Å². The van der Waals surface area contributed by atoms with E-state index in [0.29, 0.717) is 5.92 Å². The first-order chi connectivity index (χ1) is 4.68. The average molecular weight is 140 g/mol. The third-order valence-corrected chi connectivity index (χ3v) is 3.36. The lowest BCUT2D eigenvalue weighted by molar-refractivity contribution is 0.0195. The van der Waals surface area contributed by atoms with Gasteiger partial charge in [-0.05, 0) is 38.0 Å². The fraction of sp³-hybridized carbons (Fsp3) is 1.00. The zero-order valence-corrected chi connectivity index (χ0v) is 6.64. The van der Waals surface area contributed by atoms with Gasteiger partial charge in [0.2, 0.25) is 0 Å². The molecule has 1 N–H and O–H groups in total. The molecular weight excluding hydrogens is 124 g/mol. The van der Waals surface area contributed by atoms with Gasteiger partial charge in [0.15, 0.2) is 0 Å². The van der Waals surface area contributed by atoms with E-state index in [-0.39, 0.29) is 5.60 Å². The summed E-state index contributed by atoms with van der Waals surface area (Å²) < 4.78 is 0. The lowest BCUT2D eigenvalue weighted by Crippen LogP contribution is -2.28. The van der Waals surface area contributed by atoms with Crippen molar-refractivity contribution >= 4 is 0 Å². The van der Waals surface area contributed by atoms with Crippen LogP contribution in [0.2, 0.25) is 0 Å². The third-order valence-electron chi connectivity index (χ3n) is 3.36. The molecule has 0 amide bonds. The van der Waals surface area contributed by atoms with Crippen LogP contribution in [0.5, 0.6) is 0 Å². The van der Waals surface area contributed by atoms with Crippen molar-refractivity contribution in [3.8, 4) is 0 Å². The topological polar surface area (TPSA) is 20.2 Å². The zero-order chi connectivity index (χ0) is 7.19. The third kappa shape index (κ3) is 0.878. The van der Waals surface area contributed by atoms with Crippen molar-refractivity contribution in [2.75, 3.05) is 0 Å².